The van der Waals surface area contributed by atoms with E-state index in [4.69, 9.17) is 5.73 Å². The van der Waals surface area contributed by atoms with Gasteiger partial charge < -0.3 is 5.73 Å². The van der Waals surface area contributed by atoms with Crippen LogP contribution in [0.1, 0.15) is 19.8 Å². The Morgan fingerprint density at radius 2 is 2.00 bits per heavy atom. The molecule has 27 heavy (non-hydrogen) atoms. The second-order valence-corrected chi connectivity index (χ2v) is 6.92. The molecule has 0 radical (unpaired) electrons. The maximum absolute atomic E-state index is 10.8. The molecule has 1 atom stereocenters. The fourth-order valence-electron chi connectivity index (χ4n) is 2.51. The van der Waals surface area contributed by atoms with Crippen molar-refractivity contribution in [2.75, 3.05) is 0 Å². The smallest absolute Gasteiger partial charge is 0.370 e. The Kier molecular flexibility index (Phi) is 7.18. The van der Waals surface area contributed by atoms with Crippen molar-refractivity contribution in [3.8, 4) is 0 Å². The van der Waals surface area contributed by atoms with E-state index < -0.39 is 6.18 Å². The van der Waals surface area contributed by atoms with Gasteiger partial charge in [-0.3, -0.25) is 9.20 Å². The summed E-state index contributed by atoms with van der Waals surface area (Å²) in [7, 11) is 0. The summed E-state index contributed by atoms with van der Waals surface area (Å²) in [4.78, 5) is 15.9. The fraction of sp³-hybridized carbons (Fsp3) is 0.263. The van der Waals surface area contributed by atoms with Crippen LogP contribution in [0.2, 0.25) is 0 Å². The predicted octanol–water partition coefficient (Wildman–Crippen LogP) is 3.11. The van der Waals surface area contributed by atoms with E-state index in [-0.39, 0.29) is 18.7 Å². The van der Waals surface area contributed by atoms with Crippen LogP contribution in [-0.4, -0.2) is 21.5 Å². The van der Waals surface area contributed by atoms with Crippen molar-refractivity contribution < 1.29 is 18.0 Å². The Morgan fingerprint density at radius 3 is 2.63 bits per heavy atom. The van der Waals surface area contributed by atoms with Crippen molar-refractivity contribution in [1.29, 1.82) is 0 Å². The number of rotatable bonds is 2. The second kappa shape index (κ2) is 9.36. The van der Waals surface area contributed by atoms with Gasteiger partial charge in [0.25, 0.3) is 0 Å². The first-order valence-electron chi connectivity index (χ1n) is 8.19. The maximum atomic E-state index is 10.8. The average Bonchev–Trinajstić information content (AvgIpc) is 3.17. The summed E-state index contributed by atoms with van der Waals surface area (Å²) >= 11 is 1.69. The van der Waals surface area contributed by atoms with Crippen LogP contribution in [0.3, 0.4) is 0 Å². The molecular formula is C19H20F3N3OS. The lowest BCUT2D eigenvalue weighted by Crippen LogP contribution is -2.29. The van der Waals surface area contributed by atoms with Gasteiger partial charge in [-0.05, 0) is 22.8 Å². The van der Waals surface area contributed by atoms with Crippen LogP contribution in [0.15, 0.2) is 48.4 Å². The fourth-order valence-corrected chi connectivity index (χ4v) is 3.19. The Bertz CT molecular complexity index is 934. The normalized spacial score (nSPS) is 15.2. The number of thiazole rings is 1. The zero-order valence-corrected chi connectivity index (χ0v) is 15.5. The molecule has 1 unspecified atom stereocenters. The molecular weight excluding hydrogens is 375 g/mol. The van der Waals surface area contributed by atoms with Gasteiger partial charge in [-0.25, -0.2) is 4.98 Å². The molecule has 0 saturated carbocycles. The standard InChI is InChI=1S/C12H13NO.C5H4N2S.C2H3F3/c13-12(14)8-9-5-6-10-3-1-2-4-11(10)7-9;1-2-8-5-3-6-4-7(1)5;1-2(3,4)5/h1-4,6-7,9H,5,8H2,(H2,13,14);1-4H;1H3. The number of carbonyl (C=O) groups is 1. The maximum Gasteiger partial charge on any atom is 0.386 e. The molecule has 2 heterocycles. The number of imidazole rings is 1. The second-order valence-electron chi connectivity index (χ2n) is 5.99. The highest BCUT2D eigenvalue weighted by molar-refractivity contribution is 7.15. The van der Waals surface area contributed by atoms with Gasteiger partial charge in [0.05, 0.1) is 12.5 Å². The SMILES string of the molecule is CC(F)(F)F.NC(=O)CC1C=c2ccccc2=CC1.c1cn2cncc2s1. The van der Waals surface area contributed by atoms with Gasteiger partial charge in [0.15, 0.2) is 0 Å². The summed E-state index contributed by atoms with van der Waals surface area (Å²) in [5.74, 6) is 0.0569. The number of fused-ring (bicyclic) bond motifs is 2. The first kappa shape index (κ1) is 20.7. The van der Waals surface area contributed by atoms with Gasteiger partial charge >= 0.3 is 6.18 Å². The first-order valence-corrected chi connectivity index (χ1v) is 9.07. The van der Waals surface area contributed by atoms with Crippen molar-refractivity contribution in [2.45, 2.75) is 25.9 Å². The minimum Gasteiger partial charge on any atom is -0.370 e. The topological polar surface area (TPSA) is 60.4 Å². The molecule has 2 N–H and O–H groups in total. The number of benzene rings is 1. The van der Waals surface area contributed by atoms with Crippen LogP contribution in [0.5, 0.6) is 0 Å². The van der Waals surface area contributed by atoms with E-state index in [1.807, 2.05) is 34.3 Å². The summed E-state index contributed by atoms with van der Waals surface area (Å²) in [6.07, 6.45) is 7.32. The molecule has 1 aromatic carbocycles. The minimum absolute atomic E-state index is 0.188. The molecule has 4 nitrogen and oxygen atoms in total. The molecule has 0 aliphatic heterocycles. The molecule has 0 fully saturated rings. The van der Waals surface area contributed by atoms with Crippen molar-refractivity contribution in [3.05, 3.63) is 58.8 Å². The summed E-state index contributed by atoms with van der Waals surface area (Å²) < 4.78 is 33.1. The lowest BCUT2D eigenvalue weighted by atomic mass is 9.94. The van der Waals surface area contributed by atoms with Gasteiger partial charge in [0, 0.05) is 24.9 Å². The third-order valence-corrected chi connectivity index (χ3v) is 4.37. The molecule has 2 aromatic heterocycles. The van der Waals surface area contributed by atoms with Crippen molar-refractivity contribution in [2.24, 2.45) is 11.7 Å². The molecule has 1 amide bonds. The Labute approximate surface area is 158 Å². The van der Waals surface area contributed by atoms with E-state index in [0.717, 1.165) is 6.42 Å². The number of alkyl halides is 3. The molecule has 0 bridgehead atoms. The van der Waals surface area contributed by atoms with E-state index >= 15 is 0 Å². The van der Waals surface area contributed by atoms with Gasteiger partial charge in [0.2, 0.25) is 5.91 Å². The summed E-state index contributed by atoms with van der Waals surface area (Å²) in [5.41, 5.74) is 5.17. The van der Waals surface area contributed by atoms with E-state index in [2.05, 4.69) is 29.3 Å². The molecule has 0 saturated heterocycles. The molecule has 1 aliphatic rings. The number of hydrogen-bond donors (Lipinski definition) is 1. The first-order chi connectivity index (χ1) is 12.7. The van der Waals surface area contributed by atoms with Crippen LogP contribution >= 0.6 is 11.3 Å². The Morgan fingerprint density at radius 1 is 1.33 bits per heavy atom. The number of primary amides is 1. The molecule has 4 rings (SSSR count). The third-order valence-electron chi connectivity index (χ3n) is 3.56. The highest BCUT2D eigenvalue weighted by Crippen LogP contribution is 2.12. The number of nitrogens with two attached hydrogens (primary N) is 1. The molecule has 8 heteroatoms. The van der Waals surface area contributed by atoms with Crippen LogP contribution in [0.25, 0.3) is 17.0 Å². The summed E-state index contributed by atoms with van der Waals surface area (Å²) in [6, 6.07) is 8.19. The average molecular weight is 395 g/mol. The van der Waals surface area contributed by atoms with Crippen molar-refractivity contribution in [1.82, 2.24) is 9.38 Å². The lowest BCUT2D eigenvalue weighted by molar-refractivity contribution is -0.118. The number of nitrogens with zero attached hydrogens (tertiary/aromatic N) is 2. The van der Waals surface area contributed by atoms with Crippen LogP contribution < -0.4 is 16.2 Å². The number of carbonyl (C=O) groups excluding carboxylic acids is 1. The largest absolute Gasteiger partial charge is 0.386 e. The lowest BCUT2D eigenvalue weighted by Gasteiger charge is -2.11. The molecule has 1 aliphatic carbocycles. The van der Waals surface area contributed by atoms with Crippen LogP contribution in [-0.2, 0) is 4.79 Å². The third kappa shape index (κ3) is 7.65. The van der Waals surface area contributed by atoms with Gasteiger partial charge in [-0.1, -0.05) is 36.4 Å². The van der Waals surface area contributed by atoms with Crippen molar-refractivity contribution >= 4 is 34.2 Å². The zero-order valence-electron chi connectivity index (χ0n) is 14.7. The predicted molar refractivity (Wildman–Crippen MR) is 101 cm³/mol. The molecule has 0 spiro atoms. The van der Waals surface area contributed by atoms with Crippen LogP contribution in [0.4, 0.5) is 13.2 Å². The van der Waals surface area contributed by atoms with E-state index in [1.54, 1.807) is 17.7 Å². The summed E-state index contributed by atoms with van der Waals surface area (Å²) in [5, 5.41) is 4.51. The zero-order chi connectivity index (χ0) is 19.9. The van der Waals surface area contributed by atoms with E-state index in [1.165, 1.54) is 15.3 Å². The van der Waals surface area contributed by atoms with Gasteiger partial charge in [0.1, 0.15) is 4.83 Å². The number of amides is 1. The number of halogens is 3. The molecule has 144 valence electrons. The minimum atomic E-state index is -4.00. The summed E-state index contributed by atoms with van der Waals surface area (Å²) in [6.45, 7) is 0.188. The van der Waals surface area contributed by atoms with Gasteiger partial charge in [-0.15, -0.1) is 11.3 Å². The Hall–Kier alpha value is -2.61. The highest BCUT2D eigenvalue weighted by atomic mass is 32.1. The van der Waals surface area contributed by atoms with Crippen molar-refractivity contribution in [3.63, 3.8) is 0 Å². The quantitative estimate of drug-likeness (QED) is 0.725. The van der Waals surface area contributed by atoms with E-state index in [0.29, 0.717) is 6.42 Å². The number of aromatic nitrogens is 2. The monoisotopic (exact) mass is 395 g/mol. The molecule has 3 aromatic rings. The van der Waals surface area contributed by atoms with Crippen LogP contribution in [0, 0.1) is 5.92 Å². The van der Waals surface area contributed by atoms with E-state index in [9.17, 15) is 18.0 Å². The highest BCUT2D eigenvalue weighted by Gasteiger charge is 2.15. The Balaban J connectivity index is 0.000000169. The number of hydrogen-bond acceptors (Lipinski definition) is 3. The van der Waals surface area contributed by atoms with Gasteiger partial charge in [-0.2, -0.15) is 13.2 Å².